The first kappa shape index (κ1) is 13.1. The first-order valence-electron chi connectivity index (χ1n) is 5.17. The Kier molecular flexibility index (Phi) is 5.18. The average Bonchev–Trinajstić information content (AvgIpc) is 1.99. The molecule has 0 amide bonds. The van der Waals surface area contributed by atoms with Gasteiger partial charge < -0.3 is 4.12 Å². The number of hydrogen-bond donors (Lipinski definition) is 0. The van der Waals surface area contributed by atoms with Gasteiger partial charge in [-0.05, 0) is 32.2 Å². The van der Waals surface area contributed by atoms with Crippen molar-refractivity contribution in [3.05, 3.63) is 12.3 Å². The van der Waals surface area contributed by atoms with Crippen LogP contribution < -0.4 is 0 Å². The summed E-state index contributed by atoms with van der Waals surface area (Å²) < 4.78 is 6.24. The van der Waals surface area contributed by atoms with Crippen LogP contribution in [0.4, 0.5) is 0 Å². The maximum Gasteiger partial charge on any atom is 0.197 e. The lowest BCUT2D eigenvalue weighted by Crippen LogP contribution is -2.43. The minimum Gasteiger partial charge on any atom is -0.453 e. The molecular formula is C10H24OSi2. The second kappa shape index (κ2) is 5.12. The third-order valence-corrected chi connectivity index (χ3v) is 9.02. The second-order valence-electron chi connectivity index (χ2n) is 4.77. The van der Waals surface area contributed by atoms with Crippen molar-refractivity contribution in [3.63, 3.8) is 0 Å². The molecule has 0 bridgehead atoms. The first-order valence-corrected chi connectivity index (χ1v) is 11.3. The molecule has 0 aromatic heterocycles. The lowest BCUT2D eigenvalue weighted by molar-refractivity contribution is 0.548. The van der Waals surface area contributed by atoms with Crippen molar-refractivity contribution in [1.82, 2.24) is 0 Å². The maximum absolute atomic E-state index is 6.24. The molecule has 0 atom stereocenters. The molecule has 0 saturated carbocycles. The predicted molar refractivity (Wildman–Crippen MR) is 66.0 cm³/mol. The predicted octanol–water partition coefficient (Wildman–Crippen LogP) is 3.94. The molecule has 0 rings (SSSR count). The van der Waals surface area contributed by atoms with Crippen LogP contribution in [-0.2, 0) is 4.12 Å². The van der Waals surface area contributed by atoms with Gasteiger partial charge in [-0.1, -0.05) is 25.5 Å². The summed E-state index contributed by atoms with van der Waals surface area (Å²) in [6.45, 7) is 15.2. The number of rotatable bonds is 6. The van der Waals surface area contributed by atoms with E-state index in [1.165, 1.54) is 18.9 Å². The smallest absolute Gasteiger partial charge is 0.197 e. The van der Waals surface area contributed by atoms with Crippen LogP contribution in [0.15, 0.2) is 12.3 Å². The SMILES string of the molecule is C=C[Si](C)(C)O[Si](C)(C)CCCC. The van der Waals surface area contributed by atoms with Crippen molar-refractivity contribution in [2.45, 2.75) is 52.0 Å². The van der Waals surface area contributed by atoms with Crippen LogP contribution in [-0.4, -0.2) is 16.6 Å². The van der Waals surface area contributed by atoms with Gasteiger partial charge in [-0.2, -0.15) is 0 Å². The molecule has 0 spiro atoms. The van der Waals surface area contributed by atoms with Crippen LogP contribution in [0.25, 0.3) is 0 Å². The third kappa shape index (κ3) is 6.24. The summed E-state index contributed by atoms with van der Waals surface area (Å²) in [5.41, 5.74) is 2.04. The number of hydrogen-bond acceptors (Lipinski definition) is 1. The molecule has 78 valence electrons. The van der Waals surface area contributed by atoms with Crippen molar-refractivity contribution in [3.8, 4) is 0 Å². The Hall–Kier alpha value is 0.134. The molecule has 0 aliphatic carbocycles. The van der Waals surface area contributed by atoms with E-state index in [2.05, 4.69) is 39.7 Å². The van der Waals surface area contributed by atoms with E-state index >= 15 is 0 Å². The molecular weight excluding hydrogens is 192 g/mol. The molecule has 0 unspecified atom stereocenters. The van der Waals surface area contributed by atoms with Crippen LogP contribution >= 0.6 is 0 Å². The highest BCUT2D eigenvalue weighted by Crippen LogP contribution is 2.20. The Labute approximate surface area is 85.5 Å². The minimum atomic E-state index is -1.54. The van der Waals surface area contributed by atoms with E-state index in [0.29, 0.717) is 0 Å². The summed E-state index contributed by atoms with van der Waals surface area (Å²) in [5, 5.41) is 0. The van der Waals surface area contributed by atoms with Crippen LogP contribution in [0.3, 0.4) is 0 Å². The fourth-order valence-corrected chi connectivity index (χ4v) is 9.05. The first-order chi connectivity index (χ1) is 5.83. The molecule has 0 N–H and O–H groups in total. The van der Waals surface area contributed by atoms with Gasteiger partial charge in [0.25, 0.3) is 0 Å². The Morgan fingerprint density at radius 3 is 2.15 bits per heavy atom. The molecule has 0 fully saturated rings. The van der Waals surface area contributed by atoms with Gasteiger partial charge in [-0.15, -0.1) is 6.58 Å². The summed E-state index contributed by atoms with van der Waals surface area (Å²) in [6, 6.07) is 1.29. The molecule has 0 heterocycles. The summed E-state index contributed by atoms with van der Waals surface area (Å²) >= 11 is 0. The van der Waals surface area contributed by atoms with Crippen molar-refractivity contribution < 1.29 is 4.12 Å². The van der Waals surface area contributed by atoms with Crippen molar-refractivity contribution in [1.29, 1.82) is 0 Å². The Bertz CT molecular complexity index is 164. The quantitative estimate of drug-likeness (QED) is 0.611. The summed E-state index contributed by atoms with van der Waals surface area (Å²) in [7, 11) is -2.93. The fourth-order valence-electron chi connectivity index (χ4n) is 1.41. The van der Waals surface area contributed by atoms with Crippen molar-refractivity contribution in [2.24, 2.45) is 0 Å². The molecule has 0 aliphatic rings. The summed E-state index contributed by atoms with van der Waals surface area (Å²) in [6.07, 6.45) is 2.58. The van der Waals surface area contributed by atoms with Gasteiger partial charge in [-0.3, -0.25) is 0 Å². The van der Waals surface area contributed by atoms with Gasteiger partial charge in [0.15, 0.2) is 16.6 Å². The van der Waals surface area contributed by atoms with Gasteiger partial charge in [0, 0.05) is 0 Å². The van der Waals surface area contributed by atoms with E-state index < -0.39 is 16.6 Å². The highest BCUT2D eigenvalue weighted by molar-refractivity contribution is 6.87. The maximum atomic E-state index is 6.24. The van der Waals surface area contributed by atoms with E-state index in [4.69, 9.17) is 4.12 Å². The molecule has 0 radical (unpaired) electrons. The van der Waals surface area contributed by atoms with Crippen LogP contribution in [0.5, 0.6) is 0 Å². The molecule has 0 saturated heterocycles. The highest BCUT2D eigenvalue weighted by atomic mass is 28.4. The van der Waals surface area contributed by atoms with Crippen LogP contribution in [0.1, 0.15) is 19.8 Å². The monoisotopic (exact) mass is 216 g/mol. The van der Waals surface area contributed by atoms with Crippen molar-refractivity contribution in [2.75, 3.05) is 0 Å². The summed E-state index contributed by atoms with van der Waals surface area (Å²) in [5.74, 6) is 0. The zero-order valence-electron chi connectivity index (χ0n) is 9.81. The van der Waals surface area contributed by atoms with E-state index in [1.54, 1.807) is 0 Å². The van der Waals surface area contributed by atoms with Crippen LogP contribution in [0, 0.1) is 0 Å². The minimum absolute atomic E-state index is 1.27. The van der Waals surface area contributed by atoms with E-state index in [9.17, 15) is 0 Å². The Morgan fingerprint density at radius 2 is 1.77 bits per heavy atom. The van der Waals surface area contributed by atoms with E-state index in [-0.39, 0.29) is 0 Å². The molecule has 3 heteroatoms. The lowest BCUT2D eigenvalue weighted by Gasteiger charge is -2.31. The standard InChI is InChI=1S/C10H24OSi2/c1-7-9-10-13(5,6)11-12(3,4)8-2/h8H,2,7,9-10H2,1,3-6H3. The Morgan fingerprint density at radius 1 is 1.23 bits per heavy atom. The van der Waals surface area contributed by atoms with Crippen molar-refractivity contribution >= 4 is 16.6 Å². The highest BCUT2D eigenvalue weighted by Gasteiger charge is 2.29. The zero-order valence-corrected chi connectivity index (χ0v) is 11.8. The lowest BCUT2D eigenvalue weighted by atomic mass is 10.4. The molecule has 0 aromatic rings. The van der Waals surface area contributed by atoms with E-state index in [1.807, 2.05) is 5.70 Å². The number of unbranched alkanes of at least 4 members (excludes halogenated alkanes) is 1. The normalized spacial score (nSPS) is 13.0. The Balaban J connectivity index is 4.07. The van der Waals surface area contributed by atoms with Gasteiger partial charge >= 0.3 is 0 Å². The van der Waals surface area contributed by atoms with Gasteiger partial charge in [0.2, 0.25) is 0 Å². The molecule has 13 heavy (non-hydrogen) atoms. The fraction of sp³-hybridized carbons (Fsp3) is 0.800. The van der Waals surface area contributed by atoms with Gasteiger partial charge in [-0.25, -0.2) is 0 Å². The summed E-state index contributed by atoms with van der Waals surface area (Å²) in [4.78, 5) is 0. The second-order valence-corrected chi connectivity index (χ2v) is 13.2. The third-order valence-electron chi connectivity index (χ3n) is 2.16. The van der Waals surface area contributed by atoms with E-state index in [0.717, 1.165) is 0 Å². The van der Waals surface area contributed by atoms with Gasteiger partial charge in [0.05, 0.1) is 0 Å². The zero-order chi connectivity index (χ0) is 10.5. The molecule has 1 nitrogen and oxygen atoms in total. The largest absolute Gasteiger partial charge is 0.453 e. The topological polar surface area (TPSA) is 9.23 Å². The van der Waals surface area contributed by atoms with Gasteiger partial charge in [0.1, 0.15) is 0 Å². The molecule has 0 aliphatic heterocycles. The van der Waals surface area contributed by atoms with Crippen LogP contribution in [0.2, 0.25) is 32.2 Å². The average molecular weight is 216 g/mol. The molecule has 0 aromatic carbocycles.